The van der Waals surface area contributed by atoms with Crippen LogP contribution in [-0.4, -0.2) is 27.5 Å². The van der Waals surface area contributed by atoms with Crippen molar-refractivity contribution in [2.24, 2.45) is 0 Å². The molecule has 3 rings (SSSR count). The molecule has 3 aromatic carbocycles. The first-order valence-electron chi connectivity index (χ1n) is 8.96. The van der Waals surface area contributed by atoms with Gasteiger partial charge in [0, 0.05) is 18.8 Å². The molecule has 146 valence electrons. The number of benzene rings is 3. The number of nitrogens with one attached hydrogen (secondary N) is 3. The van der Waals surface area contributed by atoms with Crippen LogP contribution in [0.15, 0.2) is 65.6 Å². The number of aryl methyl sites for hydroxylation is 2. The van der Waals surface area contributed by atoms with Crippen LogP contribution >= 0.6 is 0 Å². The highest BCUT2D eigenvalue weighted by atomic mass is 32.2. The fraction of sp³-hybridized carbons (Fsp3) is 0.190. The number of sulfonamides is 1. The summed E-state index contributed by atoms with van der Waals surface area (Å²) in [5.74, 6) is 0. The Bertz CT molecular complexity index is 1110. The van der Waals surface area contributed by atoms with E-state index in [4.69, 9.17) is 0 Å². The van der Waals surface area contributed by atoms with Gasteiger partial charge in [0.25, 0.3) is 0 Å². The van der Waals surface area contributed by atoms with Crippen molar-refractivity contribution in [3.05, 3.63) is 71.8 Å². The minimum atomic E-state index is -3.62. The highest BCUT2D eigenvalue weighted by Crippen LogP contribution is 2.19. The molecule has 6 nitrogen and oxygen atoms in total. The van der Waals surface area contributed by atoms with Crippen LogP contribution in [0.1, 0.15) is 11.1 Å². The third-order valence-corrected chi connectivity index (χ3v) is 5.95. The zero-order valence-electron chi connectivity index (χ0n) is 15.8. The maximum absolute atomic E-state index is 12.4. The molecule has 0 aromatic heterocycles. The van der Waals surface area contributed by atoms with Gasteiger partial charge in [-0.15, -0.1) is 0 Å². The Morgan fingerprint density at radius 1 is 0.893 bits per heavy atom. The molecule has 0 aliphatic carbocycles. The van der Waals surface area contributed by atoms with E-state index in [1.807, 2.05) is 55.5 Å². The third kappa shape index (κ3) is 4.88. The fourth-order valence-corrected chi connectivity index (χ4v) is 4.24. The molecule has 0 atom stereocenters. The van der Waals surface area contributed by atoms with E-state index in [9.17, 15) is 13.2 Å². The number of anilines is 1. The van der Waals surface area contributed by atoms with Gasteiger partial charge >= 0.3 is 6.03 Å². The number of carbonyl (C=O) groups excluding carboxylic acids is 1. The predicted octanol–water partition coefficient (Wildman–Crippen LogP) is 3.56. The molecular weight excluding hydrogens is 374 g/mol. The molecule has 3 aromatic rings. The van der Waals surface area contributed by atoms with Gasteiger partial charge < -0.3 is 10.6 Å². The molecule has 0 aliphatic heterocycles. The maximum Gasteiger partial charge on any atom is 0.319 e. The largest absolute Gasteiger partial charge is 0.337 e. The van der Waals surface area contributed by atoms with Gasteiger partial charge in [0.1, 0.15) is 0 Å². The SMILES string of the molecule is Cc1ccc(C)c(S(=O)(=O)NCCNC(=O)Nc2ccc3ccccc3c2)c1. The van der Waals surface area contributed by atoms with Crippen LogP contribution in [-0.2, 0) is 10.0 Å². The van der Waals surface area contributed by atoms with Crippen LogP contribution < -0.4 is 15.4 Å². The van der Waals surface area contributed by atoms with Gasteiger partial charge in [-0.05, 0) is 53.9 Å². The molecule has 0 spiro atoms. The monoisotopic (exact) mass is 397 g/mol. The number of hydrogen-bond acceptors (Lipinski definition) is 3. The molecule has 0 unspecified atom stereocenters. The number of carbonyl (C=O) groups is 1. The average molecular weight is 398 g/mol. The lowest BCUT2D eigenvalue weighted by molar-refractivity contribution is 0.252. The second-order valence-electron chi connectivity index (χ2n) is 6.61. The molecule has 0 saturated heterocycles. The topological polar surface area (TPSA) is 87.3 Å². The van der Waals surface area contributed by atoms with Crippen LogP contribution in [0.4, 0.5) is 10.5 Å². The Morgan fingerprint density at radius 3 is 2.43 bits per heavy atom. The summed E-state index contributed by atoms with van der Waals surface area (Å²) < 4.78 is 27.4. The van der Waals surface area contributed by atoms with Crippen molar-refractivity contribution in [2.75, 3.05) is 18.4 Å². The average Bonchev–Trinajstić information content (AvgIpc) is 2.67. The van der Waals surface area contributed by atoms with Gasteiger partial charge in [0.15, 0.2) is 0 Å². The van der Waals surface area contributed by atoms with Gasteiger partial charge in [-0.1, -0.05) is 42.5 Å². The van der Waals surface area contributed by atoms with Crippen LogP contribution in [0.2, 0.25) is 0 Å². The summed E-state index contributed by atoms with van der Waals surface area (Å²) in [5.41, 5.74) is 2.23. The summed E-state index contributed by atoms with van der Waals surface area (Å²) in [4.78, 5) is 12.3. The second kappa shape index (κ2) is 8.41. The summed E-state index contributed by atoms with van der Waals surface area (Å²) in [6.45, 7) is 3.87. The molecular formula is C21H23N3O3S. The highest BCUT2D eigenvalue weighted by Gasteiger charge is 2.16. The van der Waals surface area contributed by atoms with E-state index in [-0.39, 0.29) is 24.0 Å². The molecule has 0 radical (unpaired) electrons. The number of amides is 2. The molecule has 3 N–H and O–H groups in total. The summed E-state index contributed by atoms with van der Waals surface area (Å²) in [5, 5.41) is 7.53. The van der Waals surface area contributed by atoms with E-state index in [1.54, 1.807) is 19.1 Å². The maximum atomic E-state index is 12.4. The van der Waals surface area contributed by atoms with Gasteiger partial charge in [-0.25, -0.2) is 17.9 Å². The molecule has 2 amide bonds. The zero-order chi connectivity index (χ0) is 20.1. The molecule has 28 heavy (non-hydrogen) atoms. The van der Waals surface area contributed by atoms with Crippen molar-refractivity contribution >= 4 is 32.5 Å². The summed E-state index contributed by atoms with van der Waals surface area (Å²) >= 11 is 0. The molecule has 0 aliphatic rings. The number of hydrogen-bond donors (Lipinski definition) is 3. The molecule has 7 heteroatoms. The van der Waals surface area contributed by atoms with Gasteiger partial charge in [0.05, 0.1) is 4.90 Å². The normalized spacial score (nSPS) is 11.4. The van der Waals surface area contributed by atoms with Crippen LogP contribution in [0.25, 0.3) is 10.8 Å². The van der Waals surface area contributed by atoms with Crippen LogP contribution in [0, 0.1) is 13.8 Å². The lowest BCUT2D eigenvalue weighted by Gasteiger charge is -2.11. The lowest BCUT2D eigenvalue weighted by atomic mass is 10.1. The van der Waals surface area contributed by atoms with Crippen molar-refractivity contribution < 1.29 is 13.2 Å². The van der Waals surface area contributed by atoms with E-state index in [0.29, 0.717) is 11.3 Å². The van der Waals surface area contributed by atoms with Crippen molar-refractivity contribution in [1.29, 1.82) is 0 Å². The first kappa shape index (κ1) is 19.9. The first-order chi connectivity index (χ1) is 13.3. The molecule has 0 heterocycles. The number of rotatable bonds is 6. The van der Waals surface area contributed by atoms with Gasteiger partial charge in [-0.2, -0.15) is 0 Å². The Hall–Kier alpha value is -2.90. The number of urea groups is 1. The number of fused-ring (bicyclic) bond motifs is 1. The summed E-state index contributed by atoms with van der Waals surface area (Å²) in [6.07, 6.45) is 0. The minimum Gasteiger partial charge on any atom is -0.337 e. The fourth-order valence-electron chi connectivity index (χ4n) is 2.88. The lowest BCUT2D eigenvalue weighted by Crippen LogP contribution is -2.37. The molecule has 0 bridgehead atoms. The second-order valence-corrected chi connectivity index (χ2v) is 8.34. The Labute approximate surface area is 165 Å². The quantitative estimate of drug-likeness (QED) is 0.556. The highest BCUT2D eigenvalue weighted by molar-refractivity contribution is 7.89. The van der Waals surface area contributed by atoms with E-state index >= 15 is 0 Å². The van der Waals surface area contributed by atoms with Crippen LogP contribution in [0.5, 0.6) is 0 Å². The van der Waals surface area contributed by atoms with E-state index in [0.717, 1.165) is 16.3 Å². The van der Waals surface area contributed by atoms with Gasteiger partial charge in [-0.3, -0.25) is 0 Å². The van der Waals surface area contributed by atoms with Crippen molar-refractivity contribution in [3.8, 4) is 0 Å². The summed E-state index contributed by atoms with van der Waals surface area (Å²) in [7, 11) is -3.62. The molecule has 0 saturated carbocycles. The van der Waals surface area contributed by atoms with Crippen molar-refractivity contribution in [2.45, 2.75) is 18.7 Å². The van der Waals surface area contributed by atoms with E-state index in [1.165, 1.54) is 0 Å². The zero-order valence-corrected chi connectivity index (χ0v) is 16.6. The van der Waals surface area contributed by atoms with Gasteiger partial charge in [0.2, 0.25) is 10.0 Å². The summed E-state index contributed by atoms with van der Waals surface area (Å²) in [6, 6.07) is 18.4. The van der Waals surface area contributed by atoms with Crippen LogP contribution in [0.3, 0.4) is 0 Å². The van der Waals surface area contributed by atoms with Crippen molar-refractivity contribution in [1.82, 2.24) is 10.0 Å². The third-order valence-electron chi connectivity index (χ3n) is 4.34. The Balaban J connectivity index is 1.51. The van der Waals surface area contributed by atoms with E-state index in [2.05, 4.69) is 15.4 Å². The standard InChI is InChI=1S/C21H23N3O3S/c1-15-7-8-16(2)20(13-15)28(26,27)23-12-11-22-21(25)24-19-10-9-17-5-3-4-6-18(17)14-19/h3-10,13-14,23H,11-12H2,1-2H3,(H2,22,24,25). The first-order valence-corrected chi connectivity index (χ1v) is 10.4. The Morgan fingerprint density at radius 2 is 1.64 bits per heavy atom. The molecule has 0 fully saturated rings. The minimum absolute atomic E-state index is 0.0981. The predicted molar refractivity (Wildman–Crippen MR) is 112 cm³/mol. The van der Waals surface area contributed by atoms with Crippen molar-refractivity contribution in [3.63, 3.8) is 0 Å². The Kier molecular flexibility index (Phi) is 5.96. The van der Waals surface area contributed by atoms with E-state index < -0.39 is 10.0 Å². The smallest absolute Gasteiger partial charge is 0.319 e.